The maximum absolute atomic E-state index is 13.0. The molecular formula is C18H27N3O3S. The van der Waals surface area contributed by atoms with Gasteiger partial charge in [-0.2, -0.15) is 4.31 Å². The van der Waals surface area contributed by atoms with Crippen molar-refractivity contribution < 1.29 is 13.2 Å². The van der Waals surface area contributed by atoms with Crippen LogP contribution in [0.1, 0.15) is 45.1 Å². The van der Waals surface area contributed by atoms with E-state index >= 15 is 0 Å². The van der Waals surface area contributed by atoms with Crippen LogP contribution in [0.15, 0.2) is 23.1 Å². The fraction of sp³-hybridized carbons (Fsp3) is 0.611. The van der Waals surface area contributed by atoms with Crippen molar-refractivity contribution in [2.24, 2.45) is 0 Å². The van der Waals surface area contributed by atoms with Gasteiger partial charge in [0.25, 0.3) is 0 Å². The van der Waals surface area contributed by atoms with Gasteiger partial charge in [0.15, 0.2) is 0 Å². The van der Waals surface area contributed by atoms with E-state index in [-0.39, 0.29) is 12.1 Å². The fourth-order valence-corrected chi connectivity index (χ4v) is 5.39. The number of anilines is 1. The molecule has 0 radical (unpaired) electrons. The maximum atomic E-state index is 13.0. The highest BCUT2D eigenvalue weighted by atomic mass is 32.2. The molecular weight excluding hydrogens is 338 g/mol. The topological polar surface area (TPSA) is 69.7 Å². The number of hydrogen-bond donors (Lipinski definition) is 1. The maximum Gasteiger partial charge on any atom is 0.321 e. The van der Waals surface area contributed by atoms with Crippen molar-refractivity contribution in [2.75, 3.05) is 24.5 Å². The fourth-order valence-electron chi connectivity index (χ4n) is 3.64. The molecule has 3 rings (SSSR count). The molecule has 1 saturated heterocycles. The van der Waals surface area contributed by atoms with Crippen LogP contribution >= 0.6 is 0 Å². The van der Waals surface area contributed by atoms with Crippen LogP contribution in [0.5, 0.6) is 0 Å². The van der Waals surface area contributed by atoms with Crippen LogP contribution in [-0.4, -0.2) is 44.4 Å². The van der Waals surface area contributed by atoms with Gasteiger partial charge in [-0.25, -0.2) is 13.2 Å². The van der Waals surface area contributed by atoms with Crippen molar-refractivity contribution in [3.63, 3.8) is 0 Å². The minimum atomic E-state index is -3.47. The van der Waals surface area contributed by atoms with Gasteiger partial charge >= 0.3 is 6.03 Å². The summed E-state index contributed by atoms with van der Waals surface area (Å²) in [7, 11) is -3.47. The zero-order chi connectivity index (χ0) is 18.0. The summed E-state index contributed by atoms with van der Waals surface area (Å²) < 4.78 is 27.6. The predicted molar refractivity (Wildman–Crippen MR) is 98.4 cm³/mol. The molecule has 1 aromatic rings. The third kappa shape index (κ3) is 3.53. The van der Waals surface area contributed by atoms with Crippen LogP contribution in [0.3, 0.4) is 0 Å². The van der Waals surface area contributed by atoms with Crippen molar-refractivity contribution in [3.8, 4) is 0 Å². The Balaban J connectivity index is 1.83. The van der Waals surface area contributed by atoms with Gasteiger partial charge in [-0.3, -0.25) is 4.90 Å². The van der Waals surface area contributed by atoms with Crippen molar-refractivity contribution >= 4 is 21.7 Å². The number of hydrogen-bond acceptors (Lipinski definition) is 3. The molecule has 2 aliphatic rings. The van der Waals surface area contributed by atoms with Gasteiger partial charge in [-0.15, -0.1) is 0 Å². The van der Waals surface area contributed by atoms with Crippen molar-refractivity contribution in [2.45, 2.75) is 56.9 Å². The van der Waals surface area contributed by atoms with E-state index in [0.717, 1.165) is 36.9 Å². The highest BCUT2D eigenvalue weighted by Crippen LogP contribution is 2.32. The molecule has 2 heterocycles. The highest BCUT2D eigenvalue weighted by molar-refractivity contribution is 7.89. The Bertz CT molecular complexity index is 748. The number of nitrogens with zero attached hydrogens (tertiary/aromatic N) is 2. The van der Waals surface area contributed by atoms with Crippen molar-refractivity contribution in [1.82, 2.24) is 9.62 Å². The molecule has 1 aromatic carbocycles. The largest absolute Gasteiger partial charge is 0.338 e. The van der Waals surface area contributed by atoms with Crippen LogP contribution < -0.4 is 10.2 Å². The first kappa shape index (κ1) is 18.2. The van der Waals surface area contributed by atoms with Gasteiger partial charge in [0.2, 0.25) is 10.0 Å². The average molecular weight is 365 g/mol. The number of fused-ring (bicyclic) bond motifs is 1. The summed E-state index contributed by atoms with van der Waals surface area (Å²) in [6.45, 7) is 5.81. The van der Waals surface area contributed by atoms with Gasteiger partial charge in [0, 0.05) is 31.4 Å². The monoisotopic (exact) mass is 365 g/mol. The lowest BCUT2D eigenvalue weighted by atomic mass is 10.1. The molecule has 2 amide bonds. The molecule has 0 spiro atoms. The Labute approximate surface area is 150 Å². The minimum Gasteiger partial charge on any atom is -0.338 e. The first-order valence-corrected chi connectivity index (χ1v) is 10.6. The standard InChI is InChI=1S/C18H27N3O3S/c1-3-10-19-18(22)20-12-9-15-13-16(7-8-17(15)20)25(23,24)21-11-5-4-6-14(21)2/h7-8,13-14H,3-6,9-12H2,1-2H3,(H,19,22). The third-order valence-electron chi connectivity index (χ3n) is 5.07. The van der Waals surface area contributed by atoms with Gasteiger partial charge < -0.3 is 5.32 Å². The molecule has 7 heteroatoms. The van der Waals surface area contributed by atoms with E-state index in [1.165, 1.54) is 0 Å². The van der Waals surface area contributed by atoms with Gasteiger partial charge in [-0.05, 0) is 56.4 Å². The highest BCUT2D eigenvalue weighted by Gasteiger charge is 2.32. The van der Waals surface area contributed by atoms with Gasteiger partial charge in [0.05, 0.1) is 4.90 Å². The lowest BCUT2D eigenvalue weighted by Gasteiger charge is -2.32. The summed E-state index contributed by atoms with van der Waals surface area (Å²) in [6, 6.07) is 5.10. The average Bonchev–Trinajstić information content (AvgIpc) is 3.03. The number of carbonyl (C=O) groups is 1. The molecule has 0 bridgehead atoms. The molecule has 1 fully saturated rings. The van der Waals surface area contributed by atoms with Crippen LogP contribution in [0, 0.1) is 0 Å². The summed E-state index contributed by atoms with van der Waals surface area (Å²) >= 11 is 0. The van der Waals surface area contributed by atoms with Crippen LogP contribution in [0.4, 0.5) is 10.5 Å². The smallest absolute Gasteiger partial charge is 0.321 e. The summed E-state index contributed by atoms with van der Waals surface area (Å²) in [5.74, 6) is 0. The molecule has 1 atom stereocenters. The van der Waals surface area contributed by atoms with Crippen LogP contribution in [0.2, 0.25) is 0 Å². The second-order valence-corrected chi connectivity index (χ2v) is 8.78. The quantitative estimate of drug-likeness (QED) is 0.892. The third-order valence-corrected chi connectivity index (χ3v) is 7.08. The number of sulfonamides is 1. The van der Waals surface area contributed by atoms with E-state index < -0.39 is 10.0 Å². The molecule has 0 aromatic heterocycles. The number of nitrogens with one attached hydrogen (secondary N) is 1. The van der Waals surface area contributed by atoms with Crippen LogP contribution in [0.25, 0.3) is 0 Å². The summed E-state index contributed by atoms with van der Waals surface area (Å²) in [5, 5.41) is 2.88. The van der Waals surface area contributed by atoms with Gasteiger partial charge in [0.1, 0.15) is 0 Å². The predicted octanol–water partition coefficient (Wildman–Crippen LogP) is 2.73. The van der Waals surface area contributed by atoms with Gasteiger partial charge in [-0.1, -0.05) is 13.3 Å². The number of urea groups is 1. The summed E-state index contributed by atoms with van der Waals surface area (Å²) in [4.78, 5) is 14.3. The number of rotatable bonds is 4. The Morgan fingerprint density at radius 2 is 2.08 bits per heavy atom. The molecule has 1 unspecified atom stereocenters. The number of piperidine rings is 1. The van der Waals surface area contributed by atoms with E-state index in [2.05, 4.69) is 5.32 Å². The summed E-state index contributed by atoms with van der Waals surface area (Å²) in [5.41, 5.74) is 1.75. The Kier molecular flexibility index (Phi) is 5.34. The second-order valence-electron chi connectivity index (χ2n) is 6.88. The number of amides is 2. The van der Waals surface area contributed by atoms with E-state index in [1.54, 1.807) is 27.4 Å². The SMILES string of the molecule is CCCNC(=O)N1CCc2cc(S(=O)(=O)N3CCCCC3C)ccc21. The van der Waals surface area contributed by atoms with E-state index in [4.69, 9.17) is 0 Å². The molecule has 0 saturated carbocycles. The van der Waals surface area contributed by atoms with E-state index in [0.29, 0.717) is 31.0 Å². The molecule has 6 nitrogen and oxygen atoms in total. The first-order chi connectivity index (χ1) is 11.9. The molecule has 2 aliphatic heterocycles. The van der Waals surface area contributed by atoms with Crippen molar-refractivity contribution in [1.29, 1.82) is 0 Å². The lowest BCUT2D eigenvalue weighted by Crippen LogP contribution is -2.42. The normalized spacial score (nSPS) is 21.2. The zero-order valence-corrected chi connectivity index (χ0v) is 15.8. The summed E-state index contributed by atoms with van der Waals surface area (Å²) in [6.07, 6.45) is 4.49. The lowest BCUT2D eigenvalue weighted by molar-refractivity contribution is 0.247. The van der Waals surface area contributed by atoms with E-state index in [9.17, 15) is 13.2 Å². The van der Waals surface area contributed by atoms with Crippen molar-refractivity contribution in [3.05, 3.63) is 23.8 Å². The molecule has 138 valence electrons. The Morgan fingerprint density at radius 3 is 2.80 bits per heavy atom. The van der Waals surface area contributed by atoms with Crippen LogP contribution in [-0.2, 0) is 16.4 Å². The molecule has 1 N–H and O–H groups in total. The molecule has 0 aliphatic carbocycles. The first-order valence-electron chi connectivity index (χ1n) is 9.15. The second kappa shape index (κ2) is 7.33. The minimum absolute atomic E-state index is 0.0447. The Morgan fingerprint density at radius 1 is 1.28 bits per heavy atom. The Hall–Kier alpha value is -1.60. The number of carbonyl (C=O) groups excluding carboxylic acids is 1. The number of benzene rings is 1. The molecule has 25 heavy (non-hydrogen) atoms. The van der Waals surface area contributed by atoms with E-state index in [1.807, 2.05) is 13.8 Å². The zero-order valence-electron chi connectivity index (χ0n) is 15.0.